The molecule has 0 unspecified atom stereocenters. The lowest BCUT2D eigenvalue weighted by molar-refractivity contribution is -0.388. The second-order valence-corrected chi connectivity index (χ2v) is 2.83. The fraction of sp³-hybridized carbons (Fsp3) is 0. The normalized spacial score (nSPS) is 9.64. The van der Waals surface area contributed by atoms with Crippen molar-refractivity contribution < 1.29 is 4.92 Å². The molecule has 0 saturated carbocycles. The molecule has 3 nitrogen and oxygen atoms in total. The number of thiol groups is 2. The van der Waals surface area contributed by atoms with Crippen molar-refractivity contribution in [2.24, 2.45) is 0 Å². The van der Waals surface area contributed by atoms with E-state index in [4.69, 9.17) is 0 Å². The Balaban J connectivity index is 3.27. The zero-order valence-corrected chi connectivity index (χ0v) is 7.18. The minimum Gasteiger partial charge on any atom is -0.258 e. The molecule has 0 spiro atoms. The highest BCUT2D eigenvalue weighted by molar-refractivity contribution is 7.83. The van der Waals surface area contributed by atoms with Gasteiger partial charge in [-0.1, -0.05) is 6.07 Å². The molecule has 0 aliphatic carbocycles. The highest BCUT2D eigenvalue weighted by Gasteiger charge is 2.11. The third-order valence-corrected chi connectivity index (χ3v) is 2.21. The maximum atomic E-state index is 10.3. The van der Waals surface area contributed by atoms with E-state index < -0.39 is 4.92 Å². The molecule has 0 bridgehead atoms. The second kappa shape index (κ2) is 3.15. The van der Waals surface area contributed by atoms with E-state index >= 15 is 0 Å². The molecule has 0 aliphatic rings. The Bertz CT molecular complexity index is 301. The van der Waals surface area contributed by atoms with Crippen molar-refractivity contribution in [1.82, 2.24) is 0 Å². The topological polar surface area (TPSA) is 43.1 Å². The van der Waals surface area contributed by atoms with E-state index in [1.165, 1.54) is 6.07 Å². The Labute approximate surface area is 74.4 Å². The largest absolute Gasteiger partial charge is 0.283 e. The van der Waals surface area contributed by atoms with Crippen molar-refractivity contribution in [2.45, 2.75) is 9.79 Å². The summed E-state index contributed by atoms with van der Waals surface area (Å²) in [5, 5.41) is 10.3. The van der Waals surface area contributed by atoms with Crippen molar-refractivity contribution >= 4 is 30.9 Å². The summed E-state index contributed by atoms with van der Waals surface area (Å²) in [6, 6.07) is 4.61. The third-order valence-electron chi connectivity index (χ3n) is 1.19. The summed E-state index contributed by atoms with van der Waals surface area (Å²) >= 11 is 7.91. The fourth-order valence-corrected chi connectivity index (χ4v) is 1.10. The summed E-state index contributed by atoms with van der Waals surface area (Å²) in [5.74, 6) is 0. The molecule has 0 heterocycles. The molecule has 0 atom stereocenters. The van der Waals surface area contributed by atoms with Crippen LogP contribution in [0.1, 0.15) is 0 Å². The van der Waals surface area contributed by atoms with Gasteiger partial charge in [0.25, 0.3) is 5.69 Å². The Hall–Kier alpha value is -0.680. The van der Waals surface area contributed by atoms with Crippen molar-refractivity contribution in [1.29, 1.82) is 0 Å². The van der Waals surface area contributed by atoms with Crippen LogP contribution in [0.3, 0.4) is 0 Å². The molecular weight excluding hydrogens is 182 g/mol. The monoisotopic (exact) mass is 187 g/mol. The van der Waals surface area contributed by atoms with Crippen LogP contribution in [0.4, 0.5) is 5.69 Å². The van der Waals surface area contributed by atoms with Gasteiger partial charge in [-0.15, -0.1) is 25.3 Å². The van der Waals surface area contributed by atoms with Crippen molar-refractivity contribution in [2.75, 3.05) is 0 Å². The van der Waals surface area contributed by atoms with Crippen LogP contribution in [-0.2, 0) is 0 Å². The van der Waals surface area contributed by atoms with Gasteiger partial charge in [-0.2, -0.15) is 0 Å². The summed E-state index contributed by atoms with van der Waals surface area (Å²) in [6.45, 7) is 0. The van der Waals surface area contributed by atoms with Crippen molar-refractivity contribution in [3.63, 3.8) is 0 Å². The third kappa shape index (κ3) is 1.66. The number of hydrogen-bond donors (Lipinski definition) is 2. The smallest absolute Gasteiger partial charge is 0.258 e. The van der Waals surface area contributed by atoms with Gasteiger partial charge in [-0.05, 0) is 6.07 Å². The van der Waals surface area contributed by atoms with Gasteiger partial charge in [0, 0.05) is 11.0 Å². The van der Waals surface area contributed by atoms with Crippen LogP contribution in [0.5, 0.6) is 0 Å². The molecule has 0 radical (unpaired) electrons. The van der Waals surface area contributed by atoms with E-state index in [2.05, 4.69) is 25.3 Å². The minimum atomic E-state index is -0.484. The first-order chi connectivity index (χ1) is 5.13. The maximum Gasteiger partial charge on any atom is 0.283 e. The minimum absolute atomic E-state index is 0.0131. The zero-order valence-electron chi connectivity index (χ0n) is 5.39. The van der Waals surface area contributed by atoms with Gasteiger partial charge in [-0.25, -0.2) is 0 Å². The standard InChI is InChI=1S/C6H5NO2S2/c8-7(9)4-2-1-3-5(10)6(4)11/h1-3,10-11H. The van der Waals surface area contributed by atoms with Gasteiger partial charge < -0.3 is 0 Å². The van der Waals surface area contributed by atoms with E-state index in [1.54, 1.807) is 12.1 Å². The van der Waals surface area contributed by atoms with Crippen LogP contribution in [0, 0.1) is 10.1 Å². The second-order valence-electron chi connectivity index (χ2n) is 1.90. The Morgan fingerprint density at radius 3 is 2.45 bits per heavy atom. The predicted molar refractivity (Wildman–Crippen MR) is 47.6 cm³/mol. The molecule has 1 aromatic rings. The van der Waals surface area contributed by atoms with Gasteiger partial charge in [0.05, 0.1) is 9.82 Å². The van der Waals surface area contributed by atoms with Gasteiger partial charge in [0.1, 0.15) is 0 Å². The van der Waals surface area contributed by atoms with Crippen LogP contribution in [-0.4, -0.2) is 4.92 Å². The van der Waals surface area contributed by atoms with Crippen LogP contribution in [0.15, 0.2) is 28.0 Å². The summed E-state index contributed by atoms with van der Waals surface area (Å²) in [5.41, 5.74) is -0.0131. The quantitative estimate of drug-likeness (QED) is 0.402. The van der Waals surface area contributed by atoms with Crippen LogP contribution >= 0.6 is 25.3 Å². The summed E-state index contributed by atoms with van der Waals surface area (Å²) in [6.07, 6.45) is 0. The molecule has 11 heavy (non-hydrogen) atoms. The molecule has 0 amide bonds. The average Bonchev–Trinajstić information content (AvgIpc) is 1.94. The van der Waals surface area contributed by atoms with E-state index in [-0.39, 0.29) is 5.69 Å². The molecule has 0 aromatic heterocycles. The number of rotatable bonds is 1. The summed E-state index contributed by atoms with van der Waals surface area (Å²) in [7, 11) is 0. The molecule has 0 saturated heterocycles. The fourth-order valence-electron chi connectivity index (χ4n) is 0.667. The van der Waals surface area contributed by atoms with Gasteiger partial charge in [0.2, 0.25) is 0 Å². The highest BCUT2D eigenvalue weighted by atomic mass is 32.1. The molecule has 58 valence electrons. The molecule has 1 aromatic carbocycles. The van der Waals surface area contributed by atoms with E-state index in [1.807, 2.05) is 0 Å². The average molecular weight is 187 g/mol. The number of hydrogen-bond acceptors (Lipinski definition) is 4. The van der Waals surface area contributed by atoms with Gasteiger partial charge >= 0.3 is 0 Å². The lowest BCUT2D eigenvalue weighted by Gasteiger charge is -1.97. The number of nitrogens with zero attached hydrogens (tertiary/aromatic N) is 1. The van der Waals surface area contributed by atoms with Crippen LogP contribution in [0.25, 0.3) is 0 Å². The maximum absolute atomic E-state index is 10.3. The van der Waals surface area contributed by atoms with Gasteiger partial charge in [0.15, 0.2) is 0 Å². The van der Waals surface area contributed by atoms with Crippen LogP contribution < -0.4 is 0 Å². The highest BCUT2D eigenvalue weighted by Crippen LogP contribution is 2.27. The molecular formula is C6H5NO2S2. The first kappa shape index (κ1) is 8.42. The summed E-state index contributed by atoms with van der Waals surface area (Å²) in [4.78, 5) is 10.6. The number of benzene rings is 1. The van der Waals surface area contributed by atoms with E-state index in [9.17, 15) is 10.1 Å². The molecule has 1 rings (SSSR count). The SMILES string of the molecule is O=[N+]([O-])c1cccc(S)c1S. The van der Waals surface area contributed by atoms with E-state index in [0.29, 0.717) is 9.79 Å². The predicted octanol–water partition coefficient (Wildman–Crippen LogP) is 2.17. The molecule has 0 fully saturated rings. The Kier molecular flexibility index (Phi) is 2.41. The lowest BCUT2D eigenvalue weighted by atomic mass is 10.3. The Morgan fingerprint density at radius 1 is 1.36 bits per heavy atom. The molecule has 0 aliphatic heterocycles. The van der Waals surface area contributed by atoms with Gasteiger partial charge in [-0.3, -0.25) is 10.1 Å². The molecule has 0 N–H and O–H groups in total. The van der Waals surface area contributed by atoms with Crippen LogP contribution in [0.2, 0.25) is 0 Å². The molecule has 5 heteroatoms. The first-order valence-electron chi connectivity index (χ1n) is 2.78. The summed E-state index contributed by atoms with van der Waals surface area (Å²) < 4.78 is 0. The number of nitro benzene ring substituents is 1. The zero-order chi connectivity index (χ0) is 8.43. The Morgan fingerprint density at radius 2 is 2.00 bits per heavy atom. The number of nitro groups is 1. The lowest BCUT2D eigenvalue weighted by Crippen LogP contribution is -1.89. The first-order valence-corrected chi connectivity index (χ1v) is 3.67. The van der Waals surface area contributed by atoms with E-state index in [0.717, 1.165) is 0 Å². The van der Waals surface area contributed by atoms with Crippen molar-refractivity contribution in [3.05, 3.63) is 28.3 Å². The van der Waals surface area contributed by atoms with Crippen molar-refractivity contribution in [3.8, 4) is 0 Å².